The van der Waals surface area contributed by atoms with Gasteiger partial charge in [0.05, 0.1) is 0 Å². The van der Waals surface area contributed by atoms with Crippen molar-refractivity contribution in [2.45, 2.75) is 13.8 Å². The van der Waals surface area contributed by atoms with Crippen molar-refractivity contribution < 1.29 is 9.59 Å². The number of hydrazine groups is 2. The van der Waals surface area contributed by atoms with E-state index in [4.69, 9.17) is 24.4 Å². The Kier molecular flexibility index (Phi) is 8.49. The maximum atomic E-state index is 11.2. The van der Waals surface area contributed by atoms with Crippen molar-refractivity contribution in [3.05, 3.63) is 0 Å². The van der Waals surface area contributed by atoms with Crippen LogP contribution in [0, 0.1) is 0 Å². The summed E-state index contributed by atoms with van der Waals surface area (Å²) in [5, 5.41) is 5.90. The van der Waals surface area contributed by atoms with Gasteiger partial charge >= 0.3 is 11.8 Å². The van der Waals surface area contributed by atoms with Crippen LogP contribution in [0.3, 0.4) is 0 Å². The van der Waals surface area contributed by atoms with Gasteiger partial charge in [-0.15, -0.1) is 0 Å². The highest BCUT2D eigenvalue weighted by molar-refractivity contribution is 7.80. The van der Waals surface area contributed by atoms with Crippen molar-refractivity contribution in [3.63, 3.8) is 0 Å². The van der Waals surface area contributed by atoms with Crippen LogP contribution in [0.25, 0.3) is 0 Å². The zero-order chi connectivity index (χ0) is 14.0. The van der Waals surface area contributed by atoms with Crippen LogP contribution < -0.4 is 32.3 Å². The molecule has 0 aromatic carbocycles. The average molecular weight is 292 g/mol. The number of carbonyl (C=O) groups excluding carboxylic acids is 2. The maximum Gasteiger partial charge on any atom is 0.329 e. The molecule has 0 atom stereocenters. The first-order chi connectivity index (χ1) is 8.51. The third-order valence-corrected chi connectivity index (χ3v) is 1.95. The smallest absolute Gasteiger partial charge is 0.329 e. The molecule has 0 aromatic heterocycles. The van der Waals surface area contributed by atoms with Crippen LogP contribution >= 0.6 is 24.4 Å². The highest BCUT2D eigenvalue weighted by Gasteiger charge is 2.13. The largest absolute Gasteiger partial charge is 0.362 e. The molecule has 0 saturated heterocycles. The molecule has 0 rings (SSSR count). The highest BCUT2D eigenvalue weighted by Crippen LogP contribution is 1.68. The van der Waals surface area contributed by atoms with Crippen LogP contribution in [0.2, 0.25) is 0 Å². The van der Waals surface area contributed by atoms with Gasteiger partial charge in [0.2, 0.25) is 0 Å². The molecule has 0 unspecified atom stereocenters. The number of rotatable bonds is 2. The van der Waals surface area contributed by atoms with Crippen LogP contribution in [-0.4, -0.2) is 35.1 Å². The topological polar surface area (TPSA) is 106 Å². The number of nitrogens with one attached hydrogen (secondary N) is 6. The molecule has 18 heavy (non-hydrogen) atoms. The van der Waals surface area contributed by atoms with Crippen molar-refractivity contribution in [2.75, 3.05) is 13.1 Å². The van der Waals surface area contributed by atoms with Gasteiger partial charge in [0.15, 0.2) is 10.2 Å². The number of carbonyl (C=O) groups is 2. The predicted octanol–water partition coefficient (Wildman–Crippen LogP) is -1.98. The second kappa shape index (κ2) is 9.36. The van der Waals surface area contributed by atoms with Crippen LogP contribution in [-0.2, 0) is 9.59 Å². The Labute approximate surface area is 116 Å². The summed E-state index contributed by atoms with van der Waals surface area (Å²) in [7, 11) is 0. The SMILES string of the molecule is CCNC(=S)NNC(=O)C(=O)NNC(=S)NCC. The van der Waals surface area contributed by atoms with Crippen LogP contribution in [0.4, 0.5) is 0 Å². The fourth-order valence-electron chi connectivity index (χ4n) is 0.750. The van der Waals surface area contributed by atoms with E-state index < -0.39 is 11.8 Å². The molecule has 0 aliphatic carbocycles. The summed E-state index contributed by atoms with van der Waals surface area (Å²) >= 11 is 9.57. The summed E-state index contributed by atoms with van der Waals surface area (Å²) in [6.07, 6.45) is 0. The molecule has 0 bridgehead atoms. The van der Waals surface area contributed by atoms with Crippen LogP contribution in [0.1, 0.15) is 13.8 Å². The maximum absolute atomic E-state index is 11.2. The molecule has 0 spiro atoms. The Bertz CT molecular complexity index is 304. The van der Waals surface area contributed by atoms with Crippen LogP contribution in [0.15, 0.2) is 0 Å². The minimum absolute atomic E-state index is 0.217. The van der Waals surface area contributed by atoms with E-state index in [0.717, 1.165) is 0 Å². The predicted molar refractivity (Wildman–Crippen MR) is 75.1 cm³/mol. The highest BCUT2D eigenvalue weighted by atomic mass is 32.1. The molecule has 0 aliphatic rings. The first-order valence-electron chi connectivity index (χ1n) is 5.19. The minimum Gasteiger partial charge on any atom is -0.362 e. The lowest BCUT2D eigenvalue weighted by atomic mass is 10.6. The van der Waals surface area contributed by atoms with Crippen molar-refractivity contribution in [1.29, 1.82) is 0 Å². The second-order valence-corrected chi connectivity index (χ2v) is 3.69. The molecule has 0 saturated carbocycles. The normalized spacial score (nSPS) is 8.78. The van der Waals surface area contributed by atoms with E-state index in [2.05, 4.69) is 32.3 Å². The monoisotopic (exact) mass is 292 g/mol. The lowest BCUT2D eigenvalue weighted by Gasteiger charge is -2.11. The quantitative estimate of drug-likeness (QED) is 0.197. The van der Waals surface area contributed by atoms with E-state index >= 15 is 0 Å². The first-order valence-corrected chi connectivity index (χ1v) is 6.00. The van der Waals surface area contributed by atoms with E-state index in [1.165, 1.54) is 0 Å². The molecule has 8 nitrogen and oxygen atoms in total. The Hall–Kier alpha value is -1.68. The summed E-state index contributed by atoms with van der Waals surface area (Å²) in [5.74, 6) is -1.80. The first kappa shape index (κ1) is 16.3. The fourth-order valence-corrected chi connectivity index (χ4v) is 1.14. The zero-order valence-corrected chi connectivity index (χ0v) is 11.7. The number of amides is 2. The molecule has 0 fully saturated rings. The Balaban J connectivity index is 3.86. The van der Waals surface area contributed by atoms with Gasteiger partial charge in [-0.25, -0.2) is 0 Å². The average Bonchev–Trinajstić information content (AvgIpc) is 2.33. The van der Waals surface area contributed by atoms with Crippen molar-refractivity contribution >= 4 is 46.5 Å². The Morgan fingerprint density at radius 2 is 1.11 bits per heavy atom. The fraction of sp³-hybridized carbons (Fsp3) is 0.500. The summed E-state index contributed by atoms with van der Waals surface area (Å²) in [4.78, 5) is 22.5. The molecule has 0 aliphatic heterocycles. The van der Waals surface area contributed by atoms with Gasteiger partial charge in [-0.2, -0.15) is 0 Å². The summed E-state index contributed by atoms with van der Waals surface area (Å²) in [5.41, 5.74) is 8.95. The van der Waals surface area contributed by atoms with E-state index in [1.807, 2.05) is 13.8 Å². The van der Waals surface area contributed by atoms with E-state index in [1.54, 1.807) is 0 Å². The van der Waals surface area contributed by atoms with Gasteiger partial charge in [0.1, 0.15) is 0 Å². The van der Waals surface area contributed by atoms with Gasteiger partial charge in [-0.1, -0.05) is 0 Å². The van der Waals surface area contributed by atoms with Crippen LogP contribution in [0.5, 0.6) is 0 Å². The molecule has 2 amide bonds. The van der Waals surface area contributed by atoms with Gasteiger partial charge in [0, 0.05) is 13.1 Å². The van der Waals surface area contributed by atoms with Gasteiger partial charge in [0.25, 0.3) is 0 Å². The van der Waals surface area contributed by atoms with Crippen molar-refractivity contribution in [1.82, 2.24) is 32.3 Å². The van der Waals surface area contributed by atoms with Gasteiger partial charge in [-0.05, 0) is 38.3 Å². The lowest BCUT2D eigenvalue weighted by molar-refractivity contribution is -0.139. The molecule has 0 heterocycles. The number of hydrogen-bond acceptors (Lipinski definition) is 4. The lowest BCUT2D eigenvalue weighted by Crippen LogP contribution is -2.55. The molecule has 102 valence electrons. The summed E-state index contributed by atoms with van der Waals surface area (Å²) in [6.45, 7) is 4.89. The van der Waals surface area contributed by atoms with E-state index in [0.29, 0.717) is 13.1 Å². The van der Waals surface area contributed by atoms with E-state index in [9.17, 15) is 9.59 Å². The molecular weight excluding hydrogens is 276 g/mol. The molecule has 0 radical (unpaired) electrons. The van der Waals surface area contributed by atoms with E-state index in [-0.39, 0.29) is 10.2 Å². The molecule has 6 N–H and O–H groups in total. The third kappa shape index (κ3) is 7.57. The number of hydrogen-bond donors (Lipinski definition) is 6. The summed E-state index contributed by atoms with van der Waals surface area (Å²) in [6, 6.07) is 0. The number of thiocarbonyl (C=S) groups is 2. The minimum atomic E-state index is -0.901. The summed E-state index contributed by atoms with van der Waals surface area (Å²) < 4.78 is 0. The molecule has 10 heteroatoms. The second-order valence-electron chi connectivity index (χ2n) is 2.88. The Morgan fingerprint density at radius 3 is 1.39 bits per heavy atom. The molecule has 0 aromatic rings. The van der Waals surface area contributed by atoms with Crippen molar-refractivity contribution in [3.8, 4) is 0 Å². The zero-order valence-electron chi connectivity index (χ0n) is 10.0. The van der Waals surface area contributed by atoms with Gasteiger partial charge in [-0.3, -0.25) is 31.3 Å². The molecular formula is C8H16N6O2S2. The standard InChI is InChI=1S/C8H16N6O2S2/c1-3-9-7(17)13-11-5(15)6(16)12-14-8(18)10-4-2/h3-4H2,1-2H3,(H,11,15)(H,12,16)(H2,9,13,17)(H2,10,14,18). The Morgan fingerprint density at radius 1 is 0.778 bits per heavy atom. The third-order valence-electron chi connectivity index (χ3n) is 1.46. The van der Waals surface area contributed by atoms with Gasteiger partial charge < -0.3 is 10.6 Å². The van der Waals surface area contributed by atoms with Crippen molar-refractivity contribution in [2.24, 2.45) is 0 Å².